The Balaban J connectivity index is 2.06. The van der Waals surface area contributed by atoms with Crippen molar-refractivity contribution in [2.45, 2.75) is 33.6 Å². The van der Waals surface area contributed by atoms with Gasteiger partial charge in [0.15, 0.2) is 0 Å². The minimum atomic E-state index is -3.50. The maximum atomic E-state index is 12.4. The third-order valence-electron chi connectivity index (χ3n) is 4.71. The quantitative estimate of drug-likeness (QED) is 0.611. The van der Waals surface area contributed by atoms with Gasteiger partial charge in [0.25, 0.3) is 0 Å². The molecule has 2 aromatic carbocycles. The van der Waals surface area contributed by atoms with Crippen molar-refractivity contribution in [2.75, 3.05) is 29.0 Å². The number of esters is 1. The summed E-state index contributed by atoms with van der Waals surface area (Å²) in [4.78, 5) is 24.4. The molecule has 162 valence electrons. The monoisotopic (exact) mass is 432 g/mol. The summed E-state index contributed by atoms with van der Waals surface area (Å²) in [6.45, 7) is 5.93. The Morgan fingerprint density at radius 3 is 2.43 bits per heavy atom. The van der Waals surface area contributed by atoms with Crippen LogP contribution in [0.3, 0.4) is 0 Å². The van der Waals surface area contributed by atoms with Gasteiger partial charge in [0.1, 0.15) is 0 Å². The minimum Gasteiger partial charge on any atom is -0.462 e. The van der Waals surface area contributed by atoms with E-state index in [4.69, 9.17) is 4.74 Å². The highest BCUT2D eigenvalue weighted by molar-refractivity contribution is 7.92. The summed E-state index contributed by atoms with van der Waals surface area (Å²) < 4.78 is 31.0. The number of hydrogen-bond acceptors (Lipinski definition) is 5. The summed E-state index contributed by atoms with van der Waals surface area (Å²) >= 11 is 0. The van der Waals surface area contributed by atoms with Crippen molar-refractivity contribution < 1.29 is 22.7 Å². The second-order valence-corrected chi connectivity index (χ2v) is 8.88. The van der Waals surface area contributed by atoms with Crippen molar-refractivity contribution in [3.63, 3.8) is 0 Å². The Morgan fingerprint density at radius 2 is 1.77 bits per heavy atom. The molecule has 2 rings (SSSR count). The van der Waals surface area contributed by atoms with Crippen molar-refractivity contribution in [3.8, 4) is 0 Å². The smallest absolute Gasteiger partial charge is 0.340 e. The van der Waals surface area contributed by atoms with Gasteiger partial charge in [0.05, 0.1) is 29.8 Å². The Hall–Kier alpha value is -2.87. The van der Waals surface area contributed by atoms with Gasteiger partial charge in [-0.3, -0.25) is 9.10 Å². The maximum absolute atomic E-state index is 12.4. The highest BCUT2D eigenvalue weighted by atomic mass is 32.2. The number of nitrogens with zero attached hydrogens (tertiary/aromatic N) is 1. The fourth-order valence-electron chi connectivity index (χ4n) is 3.05. The molecule has 0 aliphatic rings. The van der Waals surface area contributed by atoms with E-state index in [-0.39, 0.29) is 31.0 Å². The lowest BCUT2D eigenvalue weighted by Crippen LogP contribution is -2.32. The van der Waals surface area contributed by atoms with Gasteiger partial charge in [0.2, 0.25) is 15.9 Å². The molecule has 0 heterocycles. The molecule has 0 saturated carbocycles. The van der Waals surface area contributed by atoms with Gasteiger partial charge in [-0.15, -0.1) is 0 Å². The summed E-state index contributed by atoms with van der Waals surface area (Å²) in [6.07, 6.45) is 1.59. The number of benzene rings is 2. The van der Waals surface area contributed by atoms with Gasteiger partial charge >= 0.3 is 5.97 Å². The number of rotatable bonds is 9. The molecular formula is C22H28N2O5S. The van der Waals surface area contributed by atoms with Crippen LogP contribution in [-0.4, -0.2) is 39.7 Å². The average Bonchev–Trinajstić information content (AvgIpc) is 2.67. The predicted octanol–water partition coefficient (Wildman–Crippen LogP) is 3.67. The van der Waals surface area contributed by atoms with Crippen LogP contribution in [0.4, 0.5) is 11.4 Å². The van der Waals surface area contributed by atoms with Crippen LogP contribution in [0.1, 0.15) is 41.3 Å². The molecule has 0 aliphatic heterocycles. The number of carbonyl (C=O) groups excluding carboxylic acids is 2. The van der Waals surface area contributed by atoms with E-state index in [1.165, 1.54) is 4.31 Å². The van der Waals surface area contributed by atoms with Gasteiger partial charge in [-0.25, -0.2) is 13.2 Å². The zero-order chi connectivity index (χ0) is 22.3. The van der Waals surface area contributed by atoms with Gasteiger partial charge in [-0.2, -0.15) is 0 Å². The zero-order valence-corrected chi connectivity index (χ0v) is 18.6. The van der Waals surface area contributed by atoms with Crippen LogP contribution in [0.15, 0.2) is 42.5 Å². The first-order chi connectivity index (χ1) is 14.1. The van der Waals surface area contributed by atoms with Gasteiger partial charge < -0.3 is 10.1 Å². The van der Waals surface area contributed by atoms with Crippen molar-refractivity contribution in [2.24, 2.45) is 0 Å². The Morgan fingerprint density at radius 1 is 1.07 bits per heavy atom. The molecule has 30 heavy (non-hydrogen) atoms. The number of nitrogens with one attached hydrogen (secondary N) is 1. The van der Waals surface area contributed by atoms with E-state index in [2.05, 4.69) is 5.32 Å². The molecular weight excluding hydrogens is 404 g/mol. The lowest BCUT2D eigenvalue weighted by Gasteiger charge is -2.25. The zero-order valence-electron chi connectivity index (χ0n) is 17.8. The third-order valence-corrected chi connectivity index (χ3v) is 5.89. The molecule has 0 unspecified atom stereocenters. The molecule has 0 bridgehead atoms. The van der Waals surface area contributed by atoms with Crippen molar-refractivity contribution in [1.29, 1.82) is 0 Å². The van der Waals surface area contributed by atoms with E-state index in [0.29, 0.717) is 17.8 Å². The molecule has 0 aromatic heterocycles. The Bertz CT molecular complexity index is 1020. The number of hydrogen-bond donors (Lipinski definition) is 1. The van der Waals surface area contributed by atoms with E-state index in [9.17, 15) is 18.0 Å². The largest absolute Gasteiger partial charge is 0.462 e. The molecule has 2 aromatic rings. The SMILES string of the molecule is CCOC(=O)c1ccccc1NC(=O)CCCN(c1cccc(C)c1C)S(C)(=O)=O. The summed E-state index contributed by atoms with van der Waals surface area (Å²) in [6, 6.07) is 12.1. The van der Waals surface area contributed by atoms with Crippen LogP contribution in [0.25, 0.3) is 0 Å². The molecule has 0 radical (unpaired) electrons. The van der Waals surface area contributed by atoms with E-state index in [0.717, 1.165) is 17.4 Å². The number of carbonyl (C=O) groups is 2. The lowest BCUT2D eigenvalue weighted by atomic mass is 10.1. The average molecular weight is 433 g/mol. The molecule has 0 atom stereocenters. The number of aryl methyl sites for hydroxylation is 1. The number of para-hydroxylation sites is 1. The molecule has 1 amide bonds. The first-order valence-electron chi connectivity index (χ1n) is 9.75. The molecule has 1 N–H and O–H groups in total. The first-order valence-corrected chi connectivity index (χ1v) is 11.6. The van der Waals surface area contributed by atoms with Crippen LogP contribution in [0, 0.1) is 13.8 Å². The maximum Gasteiger partial charge on any atom is 0.340 e. The van der Waals surface area contributed by atoms with Crippen LogP contribution < -0.4 is 9.62 Å². The molecule has 0 spiro atoms. The molecule has 0 fully saturated rings. The number of sulfonamides is 1. The third kappa shape index (κ3) is 6.06. The van der Waals surface area contributed by atoms with Gasteiger partial charge in [0, 0.05) is 13.0 Å². The lowest BCUT2D eigenvalue weighted by molar-refractivity contribution is -0.116. The molecule has 0 aliphatic carbocycles. The fourth-order valence-corrected chi connectivity index (χ4v) is 4.06. The number of amides is 1. The van der Waals surface area contributed by atoms with Crippen LogP contribution >= 0.6 is 0 Å². The molecule has 7 nitrogen and oxygen atoms in total. The molecule has 8 heteroatoms. The summed E-state index contributed by atoms with van der Waals surface area (Å²) in [5, 5.41) is 2.71. The van der Waals surface area contributed by atoms with E-state index in [1.54, 1.807) is 37.3 Å². The van der Waals surface area contributed by atoms with Crippen molar-refractivity contribution in [3.05, 3.63) is 59.2 Å². The first kappa shape index (κ1) is 23.4. The predicted molar refractivity (Wildman–Crippen MR) is 118 cm³/mol. The second kappa shape index (κ2) is 10.2. The highest BCUT2D eigenvalue weighted by Gasteiger charge is 2.20. The van der Waals surface area contributed by atoms with E-state index >= 15 is 0 Å². The Kier molecular flexibility index (Phi) is 8.00. The standard InChI is InChI=1S/C22H28N2O5S/c1-5-29-22(26)18-11-6-7-12-19(18)23-21(25)14-9-15-24(30(4,27)28)20-13-8-10-16(2)17(20)3/h6-8,10-13H,5,9,14-15H2,1-4H3,(H,23,25). The highest BCUT2D eigenvalue weighted by Crippen LogP contribution is 2.25. The Labute approximate surface area is 178 Å². The van der Waals surface area contributed by atoms with Crippen molar-refractivity contribution >= 4 is 33.3 Å². The fraction of sp³-hybridized carbons (Fsp3) is 0.364. The van der Waals surface area contributed by atoms with Gasteiger partial charge in [-0.1, -0.05) is 24.3 Å². The van der Waals surface area contributed by atoms with Crippen LogP contribution in [-0.2, 0) is 19.6 Å². The second-order valence-electron chi connectivity index (χ2n) is 6.97. The number of ether oxygens (including phenoxy) is 1. The summed E-state index contributed by atoms with van der Waals surface area (Å²) in [5.74, 6) is -0.812. The van der Waals surface area contributed by atoms with Gasteiger partial charge in [-0.05, 0) is 56.5 Å². The van der Waals surface area contributed by atoms with Crippen molar-refractivity contribution in [1.82, 2.24) is 0 Å². The van der Waals surface area contributed by atoms with E-state index < -0.39 is 16.0 Å². The normalized spacial score (nSPS) is 11.1. The summed E-state index contributed by atoms with van der Waals surface area (Å²) in [5.41, 5.74) is 3.15. The topological polar surface area (TPSA) is 92.8 Å². The van der Waals surface area contributed by atoms with Crippen LogP contribution in [0.5, 0.6) is 0 Å². The van der Waals surface area contributed by atoms with Crippen LogP contribution in [0.2, 0.25) is 0 Å². The minimum absolute atomic E-state index is 0.105. The van der Waals surface area contributed by atoms with E-state index in [1.807, 2.05) is 26.0 Å². The summed E-state index contributed by atoms with van der Waals surface area (Å²) in [7, 11) is -3.50. The number of anilines is 2. The molecule has 0 saturated heterocycles.